The minimum Gasteiger partial charge on any atom is -0.398 e. The van der Waals surface area contributed by atoms with Crippen LogP contribution < -0.4 is 5.73 Å². The molecular weight excluding hydrogens is 240 g/mol. The molecule has 0 aromatic carbocycles. The summed E-state index contributed by atoms with van der Waals surface area (Å²) in [6, 6.07) is 1.84. The molecule has 0 aliphatic rings. The zero-order valence-electron chi connectivity index (χ0n) is 8.33. The van der Waals surface area contributed by atoms with Crippen LogP contribution in [0.5, 0.6) is 0 Å². The van der Waals surface area contributed by atoms with E-state index in [1.54, 1.807) is 6.20 Å². The van der Waals surface area contributed by atoms with Crippen molar-refractivity contribution in [3.63, 3.8) is 0 Å². The number of rotatable bonds is 4. The molecule has 14 heavy (non-hydrogen) atoms. The Bertz CT molecular complexity index is 321. The lowest BCUT2D eigenvalue weighted by atomic mass is 10.1. The number of aromatic nitrogens is 1. The third kappa shape index (κ3) is 3.50. The third-order valence-corrected chi connectivity index (χ3v) is 2.47. The lowest BCUT2D eigenvalue weighted by Crippen LogP contribution is -1.96. The molecule has 0 bridgehead atoms. The summed E-state index contributed by atoms with van der Waals surface area (Å²) in [7, 11) is 0. The summed E-state index contributed by atoms with van der Waals surface area (Å²) in [6.45, 7) is 2.12. The zero-order valence-corrected chi connectivity index (χ0v) is 9.92. The van der Waals surface area contributed by atoms with E-state index in [9.17, 15) is 0 Å². The van der Waals surface area contributed by atoms with Crippen LogP contribution in [0.3, 0.4) is 0 Å². The molecule has 0 aliphatic carbocycles. The minimum atomic E-state index is 0.826. The van der Waals surface area contributed by atoms with Crippen molar-refractivity contribution in [2.75, 3.05) is 11.1 Å². The van der Waals surface area contributed by atoms with Crippen LogP contribution >= 0.6 is 15.9 Å². The maximum atomic E-state index is 5.82. The van der Waals surface area contributed by atoms with Gasteiger partial charge in [-0.1, -0.05) is 27.6 Å². The molecule has 1 aromatic rings. The Balaban J connectivity index is 2.64. The molecule has 2 N–H and O–H groups in total. The molecule has 0 fully saturated rings. The van der Waals surface area contributed by atoms with Crippen LogP contribution in [0.2, 0.25) is 0 Å². The first kappa shape index (κ1) is 11.2. The molecule has 0 unspecified atom stereocenters. The highest BCUT2D eigenvalue weighted by Gasteiger charge is 1.98. The van der Waals surface area contributed by atoms with Crippen LogP contribution in [-0.4, -0.2) is 10.3 Å². The van der Waals surface area contributed by atoms with Crippen molar-refractivity contribution in [3.05, 3.63) is 35.7 Å². The molecule has 1 heterocycles. The van der Waals surface area contributed by atoms with E-state index in [1.807, 2.05) is 12.3 Å². The summed E-state index contributed by atoms with van der Waals surface area (Å²) in [5, 5.41) is 1.01. The van der Waals surface area contributed by atoms with Crippen molar-refractivity contribution in [2.45, 2.75) is 19.8 Å². The van der Waals surface area contributed by atoms with Gasteiger partial charge in [0.2, 0.25) is 0 Å². The molecule has 0 spiro atoms. The normalized spacial score (nSPS) is 11.7. The van der Waals surface area contributed by atoms with Gasteiger partial charge in [-0.25, -0.2) is 0 Å². The van der Waals surface area contributed by atoms with Crippen molar-refractivity contribution < 1.29 is 0 Å². The molecule has 0 radical (unpaired) electrons. The Labute approximate surface area is 93.4 Å². The highest BCUT2D eigenvalue weighted by atomic mass is 79.9. The van der Waals surface area contributed by atoms with E-state index in [0.29, 0.717) is 0 Å². The number of hydrogen-bond donors (Lipinski definition) is 1. The van der Waals surface area contributed by atoms with E-state index in [2.05, 4.69) is 33.9 Å². The van der Waals surface area contributed by atoms with Crippen molar-refractivity contribution in [2.24, 2.45) is 0 Å². The van der Waals surface area contributed by atoms with Crippen LogP contribution in [0.15, 0.2) is 30.1 Å². The van der Waals surface area contributed by atoms with Crippen LogP contribution in [-0.2, 0) is 6.42 Å². The van der Waals surface area contributed by atoms with Crippen molar-refractivity contribution >= 4 is 21.6 Å². The monoisotopic (exact) mass is 254 g/mol. The highest BCUT2D eigenvalue weighted by Crippen LogP contribution is 2.14. The number of anilines is 1. The van der Waals surface area contributed by atoms with Gasteiger partial charge in [-0.15, -0.1) is 0 Å². The van der Waals surface area contributed by atoms with E-state index in [0.717, 1.165) is 29.4 Å². The minimum absolute atomic E-state index is 0.826. The van der Waals surface area contributed by atoms with Gasteiger partial charge in [0.05, 0.1) is 0 Å². The smallest absolute Gasteiger partial charge is 0.0380 e. The number of nitrogens with two attached hydrogens (primary N) is 1. The topological polar surface area (TPSA) is 38.9 Å². The summed E-state index contributed by atoms with van der Waals surface area (Å²) in [5.41, 5.74) is 9.09. The Hall–Kier alpha value is -0.830. The van der Waals surface area contributed by atoms with Crippen LogP contribution in [0, 0.1) is 0 Å². The van der Waals surface area contributed by atoms with Gasteiger partial charge in [0.15, 0.2) is 0 Å². The Morgan fingerprint density at radius 3 is 3.07 bits per heavy atom. The fourth-order valence-electron chi connectivity index (χ4n) is 1.26. The molecule has 1 aromatic heterocycles. The van der Waals surface area contributed by atoms with Crippen molar-refractivity contribution in [1.29, 1.82) is 0 Å². The molecule has 2 nitrogen and oxygen atoms in total. The largest absolute Gasteiger partial charge is 0.398 e. The standard InChI is InChI=1S/C11H15BrN2/c1-9(3-2-5-12)7-10-8-14-6-4-11(10)13/h3-4,6,8H,2,5,7H2,1H3,(H2,13,14). The summed E-state index contributed by atoms with van der Waals surface area (Å²) in [4.78, 5) is 4.06. The summed E-state index contributed by atoms with van der Waals surface area (Å²) in [5.74, 6) is 0. The average Bonchev–Trinajstić information content (AvgIpc) is 2.18. The third-order valence-electron chi connectivity index (χ3n) is 2.01. The van der Waals surface area contributed by atoms with E-state index in [4.69, 9.17) is 5.73 Å². The highest BCUT2D eigenvalue weighted by molar-refractivity contribution is 9.09. The fourth-order valence-corrected chi connectivity index (χ4v) is 1.49. The second-order valence-corrected chi connectivity index (χ2v) is 4.07. The number of nitrogen functional groups attached to an aromatic ring is 1. The molecule has 1 rings (SSSR count). The summed E-state index contributed by atoms with van der Waals surface area (Å²) in [6.07, 6.45) is 7.73. The van der Waals surface area contributed by atoms with E-state index < -0.39 is 0 Å². The van der Waals surface area contributed by atoms with Crippen molar-refractivity contribution in [1.82, 2.24) is 4.98 Å². The predicted octanol–water partition coefficient (Wildman–Crippen LogP) is 2.94. The molecule has 0 amide bonds. The first-order chi connectivity index (χ1) is 6.74. The number of nitrogens with zero attached hydrogens (tertiary/aromatic N) is 1. The first-order valence-corrected chi connectivity index (χ1v) is 5.76. The Morgan fingerprint density at radius 2 is 2.43 bits per heavy atom. The van der Waals surface area contributed by atoms with Crippen LogP contribution in [0.25, 0.3) is 0 Å². The number of hydrogen-bond acceptors (Lipinski definition) is 2. The number of allylic oxidation sites excluding steroid dienone is 2. The van der Waals surface area contributed by atoms with Crippen molar-refractivity contribution in [3.8, 4) is 0 Å². The van der Waals surface area contributed by atoms with Gasteiger partial charge < -0.3 is 5.73 Å². The van der Waals surface area contributed by atoms with E-state index in [1.165, 1.54) is 5.57 Å². The van der Waals surface area contributed by atoms with Gasteiger partial charge in [-0.05, 0) is 31.4 Å². The zero-order chi connectivity index (χ0) is 10.4. The second kappa shape index (κ2) is 5.81. The first-order valence-electron chi connectivity index (χ1n) is 4.64. The van der Waals surface area contributed by atoms with Crippen LogP contribution in [0.4, 0.5) is 5.69 Å². The lowest BCUT2D eigenvalue weighted by molar-refractivity contribution is 1.08. The average molecular weight is 255 g/mol. The van der Waals surface area contributed by atoms with E-state index >= 15 is 0 Å². The second-order valence-electron chi connectivity index (χ2n) is 3.28. The Morgan fingerprint density at radius 1 is 1.64 bits per heavy atom. The number of halogens is 1. The Kier molecular flexibility index (Phi) is 4.66. The predicted molar refractivity (Wildman–Crippen MR) is 64.5 cm³/mol. The van der Waals surface area contributed by atoms with E-state index in [-0.39, 0.29) is 0 Å². The quantitative estimate of drug-likeness (QED) is 0.663. The molecule has 3 heteroatoms. The molecular formula is C11H15BrN2. The van der Waals surface area contributed by atoms with Gasteiger partial charge in [-0.3, -0.25) is 4.98 Å². The molecule has 76 valence electrons. The van der Waals surface area contributed by atoms with Gasteiger partial charge in [0.1, 0.15) is 0 Å². The maximum Gasteiger partial charge on any atom is 0.0380 e. The molecule has 0 atom stereocenters. The number of alkyl halides is 1. The number of pyridine rings is 1. The lowest BCUT2D eigenvalue weighted by Gasteiger charge is -2.04. The fraction of sp³-hybridized carbons (Fsp3) is 0.364. The SMILES string of the molecule is CC(=CCCBr)Cc1cnccc1N. The molecule has 0 aliphatic heterocycles. The van der Waals surface area contributed by atoms with Gasteiger partial charge in [0.25, 0.3) is 0 Å². The van der Waals surface area contributed by atoms with Gasteiger partial charge in [-0.2, -0.15) is 0 Å². The summed E-state index contributed by atoms with van der Waals surface area (Å²) < 4.78 is 0. The maximum absolute atomic E-state index is 5.82. The van der Waals surface area contributed by atoms with Gasteiger partial charge >= 0.3 is 0 Å². The summed E-state index contributed by atoms with van der Waals surface area (Å²) >= 11 is 3.40. The van der Waals surface area contributed by atoms with Crippen LogP contribution in [0.1, 0.15) is 18.9 Å². The molecule has 0 saturated heterocycles. The molecule has 0 saturated carbocycles. The van der Waals surface area contributed by atoms with Gasteiger partial charge in [0, 0.05) is 23.4 Å².